The van der Waals surface area contributed by atoms with Crippen LogP contribution in [0.5, 0.6) is 0 Å². The predicted octanol–water partition coefficient (Wildman–Crippen LogP) is 3.29. The van der Waals surface area contributed by atoms with Crippen LogP contribution in [-0.4, -0.2) is 6.54 Å². The lowest BCUT2D eigenvalue weighted by molar-refractivity contribution is 0.550. The largest absolute Gasteiger partial charge is 0.330 e. The van der Waals surface area contributed by atoms with Gasteiger partial charge in [-0.05, 0) is 35.9 Å². The average Bonchev–Trinajstić information content (AvgIpc) is 2.68. The van der Waals surface area contributed by atoms with Crippen LogP contribution in [0, 0.1) is 17.2 Å². The molecule has 2 rings (SSSR count). The van der Waals surface area contributed by atoms with Crippen molar-refractivity contribution in [2.75, 3.05) is 6.54 Å². The van der Waals surface area contributed by atoms with E-state index in [1.54, 1.807) is 6.07 Å². The molecule has 15 heavy (non-hydrogen) atoms. The van der Waals surface area contributed by atoms with Crippen LogP contribution in [0.25, 0.3) is 0 Å². The molecule has 0 aromatic heterocycles. The van der Waals surface area contributed by atoms with Crippen LogP contribution in [0.3, 0.4) is 0 Å². The Morgan fingerprint density at radius 1 is 1.47 bits per heavy atom. The van der Waals surface area contributed by atoms with E-state index >= 15 is 0 Å². The van der Waals surface area contributed by atoms with E-state index in [0.717, 1.165) is 10.0 Å². The molecule has 1 fully saturated rings. The maximum Gasteiger partial charge on any atom is 0.127 e. The Kier molecular flexibility index (Phi) is 2.63. The Balaban J connectivity index is 2.41. The Morgan fingerprint density at radius 2 is 2.13 bits per heavy atom. The molecular weight excluding hydrogens is 257 g/mol. The van der Waals surface area contributed by atoms with Crippen molar-refractivity contribution >= 4 is 15.9 Å². The zero-order chi connectivity index (χ0) is 11.2. The summed E-state index contributed by atoms with van der Waals surface area (Å²) < 4.78 is 14.6. The van der Waals surface area contributed by atoms with Crippen LogP contribution in [0.15, 0.2) is 22.7 Å². The van der Waals surface area contributed by atoms with Crippen LogP contribution in [0.2, 0.25) is 0 Å². The summed E-state index contributed by atoms with van der Waals surface area (Å²) in [6.45, 7) is 4.92. The Bertz CT molecular complexity index is 369. The minimum absolute atomic E-state index is 0.124. The fourth-order valence-corrected chi connectivity index (χ4v) is 3.15. The van der Waals surface area contributed by atoms with Crippen molar-refractivity contribution in [3.8, 4) is 0 Å². The molecule has 1 nitrogen and oxygen atoms in total. The van der Waals surface area contributed by atoms with Crippen molar-refractivity contribution in [3.05, 3.63) is 34.1 Å². The number of hydrogen-bond donors (Lipinski definition) is 1. The van der Waals surface area contributed by atoms with Gasteiger partial charge < -0.3 is 5.73 Å². The number of benzene rings is 1. The fraction of sp³-hybridized carbons (Fsp3) is 0.500. The molecule has 1 saturated carbocycles. The molecule has 1 aliphatic rings. The third-order valence-corrected chi connectivity index (χ3v) is 4.31. The average molecular weight is 272 g/mol. The van der Waals surface area contributed by atoms with Gasteiger partial charge in [0.2, 0.25) is 0 Å². The van der Waals surface area contributed by atoms with Crippen molar-refractivity contribution in [3.63, 3.8) is 0 Å². The molecule has 1 aromatic carbocycles. The van der Waals surface area contributed by atoms with Crippen LogP contribution in [0.4, 0.5) is 4.39 Å². The van der Waals surface area contributed by atoms with Crippen molar-refractivity contribution in [1.82, 2.24) is 0 Å². The normalized spacial score (nSPS) is 27.8. The van der Waals surface area contributed by atoms with Crippen molar-refractivity contribution in [2.24, 2.45) is 17.1 Å². The standard InChI is InChI=1S/C12H15BrFN/c1-12(2)7(6-15)11(12)10-8(13)4-3-5-9(10)14/h3-5,7,11H,6,15H2,1-2H3. The maximum absolute atomic E-state index is 13.7. The number of hydrogen-bond acceptors (Lipinski definition) is 1. The van der Waals surface area contributed by atoms with E-state index in [-0.39, 0.29) is 17.2 Å². The molecule has 0 amide bonds. The van der Waals surface area contributed by atoms with Gasteiger partial charge in [-0.15, -0.1) is 0 Å². The van der Waals surface area contributed by atoms with Gasteiger partial charge >= 0.3 is 0 Å². The van der Waals surface area contributed by atoms with E-state index in [1.807, 2.05) is 6.07 Å². The van der Waals surface area contributed by atoms with Crippen molar-refractivity contribution < 1.29 is 4.39 Å². The summed E-state index contributed by atoms with van der Waals surface area (Å²) in [5.74, 6) is 0.516. The van der Waals surface area contributed by atoms with Gasteiger partial charge in [0.1, 0.15) is 5.82 Å². The molecule has 1 aliphatic carbocycles. The molecule has 2 atom stereocenters. The van der Waals surface area contributed by atoms with E-state index in [0.29, 0.717) is 12.5 Å². The molecule has 0 aliphatic heterocycles. The van der Waals surface area contributed by atoms with Gasteiger partial charge in [-0.3, -0.25) is 0 Å². The first kappa shape index (κ1) is 11.1. The second kappa shape index (κ2) is 3.56. The molecule has 3 heteroatoms. The van der Waals surface area contributed by atoms with Gasteiger partial charge in [0.05, 0.1) is 0 Å². The van der Waals surface area contributed by atoms with Gasteiger partial charge in [0.15, 0.2) is 0 Å². The highest BCUT2D eigenvalue weighted by molar-refractivity contribution is 9.10. The van der Waals surface area contributed by atoms with Crippen LogP contribution in [-0.2, 0) is 0 Å². The maximum atomic E-state index is 13.7. The van der Waals surface area contributed by atoms with Gasteiger partial charge in [-0.2, -0.15) is 0 Å². The Morgan fingerprint density at radius 3 is 2.60 bits per heavy atom. The first-order valence-electron chi connectivity index (χ1n) is 5.14. The quantitative estimate of drug-likeness (QED) is 0.878. The monoisotopic (exact) mass is 271 g/mol. The summed E-state index contributed by atoms with van der Waals surface area (Å²) in [6.07, 6.45) is 0. The molecule has 0 saturated heterocycles. The molecule has 2 N–H and O–H groups in total. The topological polar surface area (TPSA) is 26.0 Å². The summed E-state index contributed by atoms with van der Waals surface area (Å²) in [5, 5.41) is 0. The molecule has 0 heterocycles. The zero-order valence-corrected chi connectivity index (χ0v) is 10.5. The van der Waals surface area contributed by atoms with Crippen molar-refractivity contribution in [2.45, 2.75) is 19.8 Å². The third kappa shape index (κ3) is 1.62. The summed E-state index contributed by atoms with van der Waals surface area (Å²) in [6, 6.07) is 5.12. The molecule has 1 aromatic rings. The van der Waals surface area contributed by atoms with Crippen molar-refractivity contribution in [1.29, 1.82) is 0 Å². The highest BCUT2D eigenvalue weighted by Crippen LogP contribution is 2.65. The lowest BCUT2D eigenvalue weighted by Crippen LogP contribution is -2.05. The first-order chi connectivity index (χ1) is 7.00. The molecule has 0 radical (unpaired) electrons. The van der Waals surface area contributed by atoms with Gasteiger partial charge in [0, 0.05) is 10.0 Å². The van der Waals surface area contributed by atoms with E-state index in [1.165, 1.54) is 6.07 Å². The highest BCUT2D eigenvalue weighted by Gasteiger charge is 2.58. The summed E-state index contributed by atoms with van der Waals surface area (Å²) in [4.78, 5) is 0. The van der Waals surface area contributed by atoms with E-state index < -0.39 is 0 Å². The SMILES string of the molecule is CC1(C)C(CN)C1c1c(F)cccc1Br. The second-order valence-corrected chi connectivity index (χ2v) is 5.63. The van der Waals surface area contributed by atoms with Gasteiger partial charge in [-0.25, -0.2) is 4.39 Å². The molecule has 82 valence electrons. The molecule has 2 unspecified atom stereocenters. The van der Waals surface area contributed by atoms with E-state index in [9.17, 15) is 4.39 Å². The van der Waals surface area contributed by atoms with E-state index in [4.69, 9.17) is 5.73 Å². The van der Waals surface area contributed by atoms with Gasteiger partial charge in [-0.1, -0.05) is 35.8 Å². The van der Waals surface area contributed by atoms with Crippen LogP contribution in [0.1, 0.15) is 25.3 Å². The van der Waals surface area contributed by atoms with Crippen LogP contribution >= 0.6 is 15.9 Å². The third-order valence-electron chi connectivity index (χ3n) is 3.62. The van der Waals surface area contributed by atoms with E-state index in [2.05, 4.69) is 29.8 Å². The predicted molar refractivity (Wildman–Crippen MR) is 63.2 cm³/mol. The Labute approximate surface area is 98.0 Å². The van der Waals surface area contributed by atoms with Gasteiger partial charge in [0.25, 0.3) is 0 Å². The summed E-state index contributed by atoms with van der Waals surface area (Å²) in [5.41, 5.74) is 6.61. The second-order valence-electron chi connectivity index (χ2n) is 4.78. The number of nitrogens with two attached hydrogens (primary N) is 1. The van der Waals surface area contributed by atoms with Crippen LogP contribution < -0.4 is 5.73 Å². The molecule has 0 spiro atoms. The zero-order valence-electron chi connectivity index (χ0n) is 8.93. The summed E-state index contributed by atoms with van der Waals surface area (Å²) >= 11 is 3.42. The smallest absolute Gasteiger partial charge is 0.127 e. The number of rotatable bonds is 2. The highest BCUT2D eigenvalue weighted by atomic mass is 79.9. The number of halogens is 2. The molecule has 0 bridgehead atoms. The lowest BCUT2D eigenvalue weighted by Gasteiger charge is -2.07. The lowest BCUT2D eigenvalue weighted by atomic mass is 10.0. The summed E-state index contributed by atoms with van der Waals surface area (Å²) in [7, 11) is 0. The molecular formula is C12H15BrFN. The first-order valence-corrected chi connectivity index (χ1v) is 5.93. The fourth-order valence-electron chi connectivity index (χ4n) is 2.56. The minimum Gasteiger partial charge on any atom is -0.330 e. The minimum atomic E-state index is -0.126. The Hall–Kier alpha value is -0.410.